The van der Waals surface area contributed by atoms with Crippen LogP contribution in [0.4, 0.5) is 0 Å². The van der Waals surface area contributed by atoms with Gasteiger partial charge in [-0.15, -0.1) is 0 Å². The lowest BCUT2D eigenvalue weighted by Crippen LogP contribution is -2.33. The van der Waals surface area contributed by atoms with Crippen LogP contribution >= 0.6 is 0 Å². The molecule has 10 aromatic rings. The third kappa shape index (κ3) is 4.86. The lowest BCUT2D eigenvalue weighted by molar-refractivity contribution is 0.668. The van der Waals surface area contributed by atoms with Gasteiger partial charge in [-0.2, -0.15) is 0 Å². The molecular weight excluding hydrogens is 661 g/mol. The van der Waals surface area contributed by atoms with Crippen LogP contribution in [0.5, 0.6) is 0 Å². The largest absolute Gasteiger partial charge is 0.456 e. The van der Waals surface area contributed by atoms with Gasteiger partial charge in [0.2, 0.25) is 0 Å². The second kappa shape index (κ2) is 12.2. The van der Waals surface area contributed by atoms with E-state index in [4.69, 9.17) is 14.4 Å². The Hall–Kier alpha value is -7.24. The zero-order valence-corrected chi connectivity index (χ0v) is 29.1. The Morgan fingerprint density at radius 3 is 2.00 bits per heavy atom. The van der Waals surface area contributed by atoms with Crippen LogP contribution < -0.4 is 5.32 Å². The summed E-state index contributed by atoms with van der Waals surface area (Å²) in [4.78, 5) is 10.6. The van der Waals surface area contributed by atoms with E-state index in [0.29, 0.717) is 5.84 Å². The molecular formula is C49H32N4O. The fourth-order valence-electron chi connectivity index (χ4n) is 8.14. The fourth-order valence-corrected chi connectivity index (χ4v) is 8.14. The quantitative estimate of drug-likeness (QED) is 0.195. The molecule has 5 nitrogen and oxygen atoms in total. The second-order valence-corrected chi connectivity index (χ2v) is 13.8. The minimum Gasteiger partial charge on any atom is -0.456 e. The first-order valence-electron chi connectivity index (χ1n) is 18.3. The number of hydrogen-bond donors (Lipinski definition) is 1. The lowest BCUT2D eigenvalue weighted by Gasteiger charge is -2.24. The van der Waals surface area contributed by atoms with Crippen molar-refractivity contribution < 1.29 is 4.42 Å². The lowest BCUT2D eigenvalue weighted by atomic mass is 10.0. The summed E-state index contributed by atoms with van der Waals surface area (Å²) in [6, 6.07) is 63.9. The maximum absolute atomic E-state index is 6.68. The van der Waals surface area contributed by atoms with Crippen LogP contribution in [0.1, 0.15) is 22.9 Å². The summed E-state index contributed by atoms with van der Waals surface area (Å²) in [6.45, 7) is 0. The molecule has 0 saturated heterocycles. The number of nitrogens with zero attached hydrogens (tertiary/aromatic N) is 3. The predicted octanol–water partition coefficient (Wildman–Crippen LogP) is 12.0. The van der Waals surface area contributed by atoms with Gasteiger partial charge in [-0.1, -0.05) is 146 Å². The number of hydrogen-bond acceptors (Lipinski definition) is 4. The van der Waals surface area contributed by atoms with Crippen molar-refractivity contribution in [2.24, 2.45) is 9.98 Å². The normalized spacial score (nSPS) is 14.5. The number of fused-ring (bicyclic) bond motifs is 8. The molecule has 0 amide bonds. The zero-order chi connectivity index (χ0) is 35.6. The molecule has 0 saturated carbocycles. The van der Waals surface area contributed by atoms with Crippen molar-refractivity contribution in [3.63, 3.8) is 0 Å². The molecule has 3 heterocycles. The Balaban J connectivity index is 1.22. The molecule has 11 rings (SSSR count). The van der Waals surface area contributed by atoms with E-state index in [9.17, 15) is 0 Å². The SMILES string of the molecule is c1ccc(C2=NC(c3cc(-n4c5ccc(-c6ccccc6)cc5c5c6ccccc6ccc54)cc4oc5ccccc5c34)=NC(c3ccccc3)N2)cc1. The zero-order valence-electron chi connectivity index (χ0n) is 29.1. The van der Waals surface area contributed by atoms with Crippen molar-refractivity contribution >= 4 is 66.2 Å². The minimum absolute atomic E-state index is 0.332. The van der Waals surface area contributed by atoms with Crippen LogP contribution in [0.25, 0.3) is 71.3 Å². The summed E-state index contributed by atoms with van der Waals surface area (Å²) in [5.74, 6) is 1.43. The minimum atomic E-state index is -0.332. The van der Waals surface area contributed by atoms with E-state index >= 15 is 0 Å². The van der Waals surface area contributed by atoms with Crippen LogP contribution in [-0.2, 0) is 0 Å². The topological polar surface area (TPSA) is 54.8 Å². The molecule has 1 N–H and O–H groups in total. The Kier molecular flexibility index (Phi) is 6.85. The smallest absolute Gasteiger partial charge is 0.160 e. The average Bonchev–Trinajstić information content (AvgIpc) is 3.80. The van der Waals surface area contributed by atoms with Crippen molar-refractivity contribution in [2.45, 2.75) is 6.17 Å². The molecule has 0 fully saturated rings. The van der Waals surface area contributed by atoms with Crippen molar-refractivity contribution in [1.29, 1.82) is 0 Å². The summed E-state index contributed by atoms with van der Waals surface area (Å²) >= 11 is 0. The molecule has 54 heavy (non-hydrogen) atoms. The van der Waals surface area contributed by atoms with Gasteiger partial charge >= 0.3 is 0 Å². The summed E-state index contributed by atoms with van der Waals surface area (Å²) in [5.41, 5.74) is 10.2. The van der Waals surface area contributed by atoms with Gasteiger partial charge in [-0.25, -0.2) is 9.98 Å². The number of nitrogens with one attached hydrogen (secondary N) is 1. The number of amidine groups is 2. The first-order valence-corrected chi connectivity index (χ1v) is 18.3. The standard InChI is InChI=1S/C49H32N4O/c1-4-14-31(15-5-1)35-25-26-41-39(28-35)45-37-21-11-10-16-32(37)24-27-42(45)53(41)36-29-40(46-38-22-12-13-23-43(38)54-44(46)30-36)49-51-47(33-17-6-2-7-18-33)50-48(52-49)34-19-8-3-9-20-34/h1-30,47H,(H,50,51,52). The summed E-state index contributed by atoms with van der Waals surface area (Å²) < 4.78 is 9.06. The highest BCUT2D eigenvalue weighted by molar-refractivity contribution is 6.24. The van der Waals surface area contributed by atoms with E-state index in [-0.39, 0.29) is 6.17 Å². The van der Waals surface area contributed by atoms with Gasteiger partial charge in [0.05, 0.1) is 16.7 Å². The highest BCUT2D eigenvalue weighted by Crippen LogP contribution is 2.41. The molecule has 5 heteroatoms. The molecule has 1 aliphatic rings. The Labute approximate surface area is 311 Å². The highest BCUT2D eigenvalue weighted by atomic mass is 16.3. The Bertz CT molecular complexity index is 3120. The maximum Gasteiger partial charge on any atom is 0.160 e. The molecule has 2 aromatic heterocycles. The van der Waals surface area contributed by atoms with E-state index in [1.807, 2.05) is 36.4 Å². The van der Waals surface area contributed by atoms with Gasteiger partial charge in [0.25, 0.3) is 0 Å². The molecule has 8 aromatic carbocycles. The van der Waals surface area contributed by atoms with Crippen LogP contribution in [-0.4, -0.2) is 16.2 Å². The van der Waals surface area contributed by atoms with Gasteiger partial charge in [0, 0.05) is 38.7 Å². The van der Waals surface area contributed by atoms with Gasteiger partial charge in [0.1, 0.15) is 23.2 Å². The maximum atomic E-state index is 6.68. The van der Waals surface area contributed by atoms with Gasteiger partial charge in [-0.3, -0.25) is 0 Å². The van der Waals surface area contributed by atoms with E-state index in [1.54, 1.807) is 0 Å². The van der Waals surface area contributed by atoms with E-state index in [0.717, 1.165) is 61.2 Å². The van der Waals surface area contributed by atoms with E-state index in [1.165, 1.54) is 32.7 Å². The Morgan fingerprint density at radius 1 is 0.500 bits per heavy atom. The number of rotatable bonds is 5. The number of para-hydroxylation sites is 1. The number of aliphatic imine (C=N–C) groups is 2. The van der Waals surface area contributed by atoms with E-state index < -0.39 is 0 Å². The number of aromatic nitrogens is 1. The number of benzene rings is 8. The van der Waals surface area contributed by atoms with Crippen molar-refractivity contribution in [3.8, 4) is 16.8 Å². The van der Waals surface area contributed by atoms with Gasteiger partial charge < -0.3 is 14.3 Å². The van der Waals surface area contributed by atoms with E-state index in [2.05, 4.69) is 155 Å². The highest BCUT2D eigenvalue weighted by Gasteiger charge is 2.25. The molecule has 1 atom stereocenters. The third-order valence-electron chi connectivity index (χ3n) is 10.6. The fraction of sp³-hybridized carbons (Fsp3) is 0.0204. The summed E-state index contributed by atoms with van der Waals surface area (Å²) in [7, 11) is 0. The molecule has 0 bridgehead atoms. The molecule has 0 radical (unpaired) electrons. The van der Waals surface area contributed by atoms with Crippen LogP contribution in [0.3, 0.4) is 0 Å². The van der Waals surface area contributed by atoms with Crippen LogP contribution in [0, 0.1) is 0 Å². The molecule has 1 aliphatic heterocycles. The van der Waals surface area contributed by atoms with Crippen molar-refractivity contribution in [2.75, 3.05) is 0 Å². The number of furan rings is 1. The summed E-state index contributed by atoms with van der Waals surface area (Å²) in [6.07, 6.45) is -0.332. The van der Waals surface area contributed by atoms with Crippen molar-refractivity contribution in [1.82, 2.24) is 9.88 Å². The van der Waals surface area contributed by atoms with Gasteiger partial charge in [-0.05, 0) is 57.8 Å². The Morgan fingerprint density at radius 2 is 1.19 bits per heavy atom. The summed E-state index contributed by atoms with van der Waals surface area (Å²) in [5, 5.41) is 10.5. The monoisotopic (exact) mass is 692 g/mol. The van der Waals surface area contributed by atoms with Crippen LogP contribution in [0.2, 0.25) is 0 Å². The van der Waals surface area contributed by atoms with Gasteiger partial charge in [0.15, 0.2) is 5.84 Å². The molecule has 0 spiro atoms. The molecule has 1 unspecified atom stereocenters. The van der Waals surface area contributed by atoms with Crippen molar-refractivity contribution in [3.05, 3.63) is 199 Å². The predicted molar refractivity (Wildman–Crippen MR) is 223 cm³/mol. The molecule has 0 aliphatic carbocycles. The first kappa shape index (κ1) is 30.4. The molecule has 254 valence electrons. The first-order chi connectivity index (χ1) is 26.8. The van der Waals surface area contributed by atoms with Crippen LogP contribution in [0.15, 0.2) is 196 Å². The second-order valence-electron chi connectivity index (χ2n) is 13.8. The third-order valence-corrected chi connectivity index (χ3v) is 10.6. The average molecular weight is 693 g/mol.